The number of aryl methyl sites for hydroxylation is 3. The third-order valence-electron chi connectivity index (χ3n) is 5.35. The average Bonchev–Trinajstić information content (AvgIpc) is 3.29. The Labute approximate surface area is 189 Å². The van der Waals surface area contributed by atoms with Gasteiger partial charge in [-0.15, -0.1) is 0 Å². The highest BCUT2D eigenvalue weighted by molar-refractivity contribution is 5.95. The average molecular weight is 428 g/mol. The summed E-state index contributed by atoms with van der Waals surface area (Å²) < 4.78 is 0. The van der Waals surface area contributed by atoms with Crippen molar-refractivity contribution in [2.75, 3.05) is 13.1 Å². The Kier molecular flexibility index (Phi) is 6.50. The van der Waals surface area contributed by atoms with Crippen LogP contribution in [0.15, 0.2) is 59.7 Å². The van der Waals surface area contributed by atoms with Crippen molar-refractivity contribution in [1.82, 2.24) is 20.9 Å². The second kappa shape index (κ2) is 9.64. The van der Waals surface area contributed by atoms with E-state index in [9.17, 15) is 4.79 Å². The van der Waals surface area contributed by atoms with Crippen molar-refractivity contribution in [1.29, 1.82) is 0 Å². The van der Waals surface area contributed by atoms with E-state index in [-0.39, 0.29) is 5.91 Å². The Morgan fingerprint density at radius 1 is 0.938 bits per heavy atom. The molecule has 3 N–H and O–H groups in total. The van der Waals surface area contributed by atoms with Crippen LogP contribution in [0.2, 0.25) is 0 Å². The van der Waals surface area contributed by atoms with Crippen molar-refractivity contribution >= 4 is 11.9 Å². The number of guanidine groups is 1. The Morgan fingerprint density at radius 2 is 1.72 bits per heavy atom. The number of pyridine rings is 1. The minimum Gasteiger partial charge on any atom is -0.355 e. The van der Waals surface area contributed by atoms with Crippen LogP contribution >= 0.6 is 0 Å². The molecule has 0 radical (unpaired) electrons. The van der Waals surface area contributed by atoms with Gasteiger partial charge in [0.1, 0.15) is 0 Å². The largest absolute Gasteiger partial charge is 0.355 e. The van der Waals surface area contributed by atoms with Crippen LogP contribution < -0.4 is 16.0 Å². The van der Waals surface area contributed by atoms with Gasteiger partial charge in [-0.1, -0.05) is 29.3 Å². The molecule has 6 heteroatoms. The fourth-order valence-electron chi connectivity index (χ4n) is 3.97. The first-order valence-corrected chi connectivity index (χ1v) is 10.9. The summed E-state index contributed by atoms with van der Waals surface area (Å²) in [6.07, 6.45) is 1.80. The molecule has 1 amide bonds. The zero-order valence-corrected chi connectivity index (χ0v) is 18.8. The quantitative estimate of drug-likeness (QED) is 0.561. The Hall–Kier alpha value is -3.67. The minimum absolute atomic E-state index is 0.0885. The van der Waals surface area contributed by atoms with Crippen LogP contribution in [0.1, 0.15) is 38.3 Å². The molecule has 0 aliphatic carbocycles. The van der Waals surface area contributed by atoms with Crippen molar-refractivity contribution in [2.45, 2.75) is 33.9 Å². The molecule has 3 aromatic rings. The molecule has 2 heterocycles. The number of aromatic nitrogens is 1. The molecule has 6 nitrogen and oxygen atoms in total. The molecule has 0 unspecified atom stereocenters. The number of benzene rings is 2. The van der Waals surface area contributed by atoms with E-state index in [2.05, 4.69) is 64.0 Å². The first kappa shape index (κ1) is 21.6. The van der Waals surface area contributed by atoms with E-state index >= 15 is 0 Å². The highest BCUT2D eigenvalue weighted by Crippen LogP contribution is 2.23. The molecule has 1 aliphatic heterocycles. The first-order valence-electron chi connectivity index (χ1n) is 10.9. The van der Waals surface area contributed by atoms with E-state index in [4.69, 9.17) is 0 Å². The number of hydrogen-bond acceptors (Lipinski definition) is 5. The maximum absolute atomic E-state index is 13.1. The van der Waals surface area contributed by atoms with E-state index in [1.54, 1.807) is 6.20 Å². The van der Waals surface area contributed by atoms with Gasteiger partial charge >= 0.3 is 0 Å². The lowest BCUT2D eigenvalue weighted by Crippen LogP contribution is -2.33. The number of aliphatic imine (C=N–C) groups is 1. The summed E-state index contributed by atoms with van der Waals surface area (Å²) in [5.74, 6) is 0.713. The van der Waals surface area contributed by atoms with Gasteiger partial charge in [0, 0.05) is 37.1 Å². The summed E-state index contributed by atoms with van der Waals surface area (Å²) in [6, 6.07) is 16.3. The predicted octanol–water partition coefficient (Wildman–Crippen LogP) is 3.65. The van der Waals surface area contributed by atoms with Gasteiger partial charge in [-0.25, -0.2) is 0 Å². The standard InChI is InChI=1S/C26H29N5O/c1-17-8-18(2)10-20(9-17)15-30-25(32)24-13-21(16-31-26-28-6-7-29-26)12-23(14-24)22-4-5-27-19(3)11-22/h4-5,8-14H,6-7,15-16H2,1-3H3,(H,30,32)(H2,28,29,31). The van der Waals surface area contributed by atoms with Crippen molar-refractivity contribution in [3.05, 3.63) is 88.2 Å². The van der Waals surface area contributed by atoms with Crippen LogP contribution in [0.3, 0.4) is 0 Å². The molecule has 1 aromatic heterocycles. The number of amides is 1. The third kappa shape index (κ3) is 5.52. The van der Waals surface area contributed by atoms with Crippen LogP contribution in [0.5, 0.6) is 0 Å². The maximum atomic E-state index is 13.1. The van der Waals surface area contributed by atoms with Gasteiger partial charge in [-0.05, 0) is 73.4 Å². The molecule has 1 aliphatic rings. The molecule has 0 spiro atoms. The monoisotopic (exact) mass is 427 g/mol. The van der Waals surface area contributed by atoms with Gasteiger partial charge in [0.05, 0.1) is 6.54 Å². The van der Waals surface area contributed by atoms with Gasteiger partial charge < -0.3 is 16.0 Å². The molecule has 164 valence electrons. The minimum atomic E-state index is -0.0885. The lowest BCUT2D eigenvalue weighted by Gasteiger charge is -2.13. The molecular formula is C26H29N5O. The first-order chi connectivity index (χ1) is 15.5. The molecule has 32 heavy (non-hydrogen) atoms. The fourth-order valence-corrected chi connectivity index (χ4v) is 3.97. The summed E-state index contributed by atoms with van der Waals surface area (Å²) in [5.41, 5.74) is 8.12. The zero-order valence-electron chi connectivity index (χ0n) is 18.8. The van der Waals surface area contributed by atoms with Crippen LogP contribution in [0.25, 0.3) is 11.1 Å². The normalized spacial score (nSPS) is 12.8. The smallest absolute Gasteiger partial charge is 0.251 e. The van der Waals surface area contributed by atoms with Gasteiger partial charge in [0.2, 0.25) is 0 Å². The van der Waals surface area contributed by atoms with Crippen molar-refractivity contribution in [3.63, 3.8) is 0 Å². The fraction of sp³-hybridized carbons (Fsp3) is 0.269. The van der Waals surface area contributed by atoms with Crippen LogP contribution in [-0.2, 0) is 13.1 Å². The summed E-state index contributed by atoms with van der Waals surface area (Å²) in [6.45, 7) is 8.82. The number of nitrogens with one attached hydrogen (secondary N) is 3. The summed E-state index contributed by atoms with van der Waals surface area (Å²) in [5, 5.41) is 9.61. The van der Waals surface area contributed by atoms with E-state index < -0.39 is 0 Å². The van der Waals surface area contributed by atoms with Crippen LogP contribution in [0, 0.1) is 20.8 Å². The van der Waals surface area contributed by atoms with Gasteiger partial charge in [0.15, 0.2) is 5.96 Å². The third-order valence-corrected chi connectivity index (χ3v) is 5.35. The predicted molar refractivity (Wildman–Crippen MR) is 129 cm³/mol. The molecular weight excluding hydrogens is 398 g/mol. The zero-order chi connectivity index (χ0) is 22.5. The van der Waals surface area contributed by atoms with Crippen LogP contribution in [0.4, 0.5) is 0 Å². The van der Waals surface area contributed by atoms with Crippen molar-refractivity contribution in [3.8, 4) is 11.1 Å². The highest BCUT2D eigenvalue weighted by Gasteiger charge is 2.12. The van der Waals surface area contributed by atoms with Crippen molar-refractivity contribution in [2.24, 2.45) is 4.99 Å². The number of rotatable bonds is 6. The molecule has 0 atom stereocenters. The number of carbonyl (C=O) groups is 1. The lowest BCUT2D eigenvalue weighted by molar-refractivity contribution is 0.0951. The van der Waals surface area contributed by atoms with E-state index in [0.29, 0.717) is 18.7 Å². The number of carbonyl (C=O) groups excluding carboxylic acids is 1. The lowest BCUT2D eigenvalue weighted by atomic mass is 9.99. The number of nitrogens with zero attached hydrogens (tertiary/aromatic N) is 2. The Morgan fingerprint density at radius 3 is 2.44 bits per heavy atom. The second-order valence-electron chi connectivity index (χ2n) is 8.29. The molecule has 0 bridgehead atoms. The Bertz CT molecular complexity index is 1150. The molecule has 2 aromatic carbocycles. The maximum Gasteiger partial charge on any atom is 0.251 e. The Balaban J connectivity index is 1.57. The van der Waals surface area contributed by atoms with Gasteiger partial charge in [-0.3, -0.25) is 14.8 Å². The molecule has 0 saturated heterocycles. The SMILES string of the molecule is Cc1cc(C)cc(CNC(=O)c2cc(CNC3=NCCN3)cc(-c3ccnc(C)c3)c2)c1. The van der Waals surface area contributed by atoms with Gasteiger partial charge in [-0.2, -0.15) is 0 Å². The molecule has 4 rings (SSSR count). The molecule has 0 saturated carbocycles. The second-order valence-corrected chi connectivity index (χ2v) is 8.29. The summed E-state index contributed by atoms with van der Waals surface area (Å²) in [7, 11) is 0. The summed E-state index contributed by atoms with van der Waals surface area (Å²) in [4.78, 5) is 21.8. The molecule has 0 fully saturated rings. The van der Waals surface area contributed by atoms with E-state index in [0.717, 1.165) is 47.0 Å². The number of hydrogen-bond donors (Lipinski definition) is 3. The topological polar surface area (TPSA) is 78.4 Å². The summed E-state index contributed by atoms with van der Waals surface area (Å²) >= 11 is 0. The van der Waals surface area contributed by atoms with Crippen molar-refractivity contribution < 1.29 is 4.79 Å². The van der Waals surface area contributed by atoms with Gasteiger partial charge in [0.25, 0.3) is 5.91 Å². The van der Waals surface area contributed by atoms with Crippen LogP contribution in [-0.4, -0.2) is 29.9 Å². The van der Waals surface area contributed by atoms with E-state index in [1.165, 1.54) is 11.1 Å². The highest BCUT2D eigenvalue weighted by atomic mass is 16.1. The van der Waals surface area contributed by atoms with E-state index in [1.807, 2.05) is 31.2 Å².